The Kier molecular flexibility index (Phi) is 2.84. The molecule has 0 aliphatic rings. The van der Waals surface area contributed by atoms with Crippen molar-refractivity contribution in [1.29, 1.82) is 0 Å². The van der Waals surface area contributed by atoms with Gasteiger partial charge in [0.15, 0.2) is 0 Å². The summed E-state index contributed by atoms with van der Waals surface area (Å²) in [4.78, 5) is 17.0. The third-order valence-corrected chi connectivity index (χ3v) is 3.24. The van der Waals surface area contributed by atoms with Crippen molar-refractivity contribution in [3.8, 4) is 5.69 Å². The van der Waals surface area contributed by atoms with Crippen LogP contribution in [0.25, 0.3) is 16.6 Å². The van der Waals surface area contributed by atoms with E-state index in [1.165, 1.54) is 0 Å². The molecule has 0 radical (unpaired) electrons. The summed E-state index contributed by atoms with van der Waals surface area (Å²) in [7, 11) is 0. The van der Waals surface area contributed by atoms with E-state index in [1.54, 1.807) is 22.8 Å². The Morgan fingerprint density at radius 3 is 2.68 bits per heavy atom. The highest BCUT2D eigenvalue weighted by molar-refractivity contribution is 6.30. The molecule has 0 N–H and O–H groups in total. The summed E-state index contributed by atoms with van der Waals surface area (Å²) < 4.78 is 1.58. The molecule has 1 aromatic heterocycles. The number of fused-ring (bicyclic) bond motifs is 1. The SMILES string of the molecule is Cc1nc2ccccc2c(=O)n1-c1cccc(Cl)c1. The van der Waals surface area contributed by atoms with Crippen LogP contribution in [-0.4, -0.2) is 9.55 Å². The molecule has 19 heavy (non-hydrogen) atoms. The number of nitrogens with zero attached hydrogens (tertiary/aromatic N) is 2. The highest BCUT2D eigenvalue weighted by Crippen LogP contribution is 2.16. The molecular formula is C15H11ClN2O. The lowest BCUT2D eigenvalue weighted by molar-refractivity contribution is 0.895. The summed E-state index contributed by atoms with van der Waals surface area (Å²) in [5, 5.41) is 1.20. The average Bonchev–Trinajstić information content (AvgIpc) is 2.39. The number of aromatic nitrogens is 2. The Bertz CT molecular complexity index is 824. The van der Waals surface area contributed by atoms with E-state index in [4.69, 9.17) is 11.6 Å². The van der Waals surface area contributed by atoms with E-state index in [9.17, 15) is 4.79 Å². The lowest BCUT2D eigenvalue weighted by Crippen LogP contribution is -2.22. The van der Waals surface area contributed by atoms with Crippen LogP contribution in [0.15, 0.2) is 53.3 Å². The van der Waals surface area contributed by atoms with E-state index in [1.807, 2.05) is 37.3 Å². The largest absolute Gasteiger partial charge is 0.268 e. The molecule has 4 heteroatoms. The van der Waals surface area contributed by atoms with Crippen molar-refractivity contribution >= 4 is 22.5 Å². The van der Waals surface area contributed by atoms with Gasteiger partial charge in [-0.1, -0.05) is 29.8 Å². The monoisotopic (exact) mass is 270 g/mol. The molecular weight excluding hydrogens is 260 g/mol. The van der Waals surface area contributed by atoms with Gasteiger partial charge in [0.2, 0.25) is 0 Å². The standard InChI is InChI=1S/C15H11ClN2O/c1-10-17-14-8-3-2-7-13(14)15(19)18(10)12-6-4-5-11(16)9-12/h2-9H,1H3. The van der Waals surface area contributed by atoms with Gasteiger partial charge in [-0.15, -0.1) is 0 Å². The second kappa shape index (κ2) is 4.52. The van der Waals surface area contributed by atoms with Gasteiger partial charge in [0.25, 0.3) is 5.56 Å². The molecule has 0 aliphatic heterocycles. The van der Waals surface area contributed by atoms with Crippen molar-refractivity contribution in [2.24, 2.45) is 0 Å². The molecule has 0 aliphatic carbocycles. The smallest absolute Gasteiger partial charge is 0.265 e. The number of rotatable bonds is 1. The third kappa shape index (κ3) is 2.02. The zero-order chi connectivity index (χ0) is 13.4. The van der Waals surface area contributed by atoms with Crippen LogP contribution in [0, 0.1) is 6.92 Å². The molecule has 0 fully saturated rings. The topological polar surface area (TPSA) is 34.9 Å². The Morgan fingerprint density at radius 1 is 1.11 bits per heavy atom. The lowest BCUT2D eigenvalue weighted by atomic mass is 10.2. The lowest BCUT2D eigenvalue weighted by Gasteiger charge is -2.10. The van der Waals surface area contributed by atoms with E-state index in [0.29, 0.717) is 21.7 Å². The summed E-state index contributed by atoms with van der Waals surface area (Å²) in [5.41, 5.74) is 1.36. The van der Waals surface area contributed by atoms with Gasteiger partial charge in [-0.3, -0.25) is 9.36 Å². The summed E-state index contributed by atoms with van der Waals surface area (Å²) in [6.07, 6.45) is 0. The molecule has 0 amide bonds. The first kappa shape index (κ1) is 11.9. The summed E-state index contributed by atoms with van der Waals surface area (Å²) in [6, 6.07) is 14.5. The van der Waals surface area contributed by atoms with Crippen LogP contribution in [0.1, 0.15) is 5.82 Å². The van der Waals surface area contributed by atoms with Crippen molar-refractivity contribution in [3.63, 3.8) is 0 Å². The molecule has 0 atom stereocenters. The highest BCUT2D eigenvalue weighted by atomic mass is 35.5. The van der Waals surface area contributed by atoms with Crippen molar-refractivity contribution in [2.75, 3.05) is 0 Å². The van der Waals surface area contributed by atoms with Crippen LogP contribution in [0.4, 0.5) is 0 Å². The van der Waals surface area contributed by atoms with Gasteiger partial charge in [0.1, 0.15) is 5.82 Å². The Hall–Kier alpha value is -2.13. The van der Waals surface area contributed by atoms with Gasteiger partial charge in [-0.05, 0) is 37.3 Å². The van der Waals surface area contributed by atoms with Crippen LogP contribution < -0.4 is 5.56 Å². The fraction of sp³-hybridized carbons (Fsp3) is 0.0667. The van der Waals surface area contributed by atoms with Crippen molar-refractivity contribution in [2.45, 2.75) is 6.92 Å². The third-order valence-electron chi connectivity index (χ3n) is 3.01. The zero-order valence-electron chi connectivity index (χ0n) is 10.3. The molecule has 3 aromatic rings. The number of aryl methyl sites for hydroxylation is 1. The first-order valence-electron chi connectivity index (χ1n) is 5.91. The quantitative estimate of drug-likeness (QED) is 0.680. The number of hydrogen-bond donors (Lipinski definition) is 0. The van der Waals surface area contributed by atoms with Gasteiger partial charge in [0.05, 0.1) is 16.6 Å². The maximum absolute atomic E-state index is 12.5. The van der Waals surface area contributed by atoms with Crippen LogP contribution in [0.3, 0.4) is 0 Å². The molecule has 0 saturated carbocycles. The van der Waals surface area contributed by atoms with Gasteiger partial charge < -0.3 is 0 Å². The molecule has 2 aromatic carbocycles. The van der Waals surface area contributed by atoms with E-state index in [0.717, 1.165) is 5.69 Å². The summed E-state index contributed by atoms with van der Waals surface area (Å²) >= 11 is 5.98. The maximum atomic E-state index is 12.5. The summed E-state index contributed by atoms with van der Waals surface area (Å²) in [5.74, 6) is 0.644. The average molecular weight is 271 g/mol. The molecule has 0 bridgehead atoms. The fourth-order valence-electron chi connectivity index (χ4n) is 2.16. The minimum atomic E-state index is -0.0784. The van der Waals surface area contributed by atoms with Gasteiger partial charge in [-0.2, -0.15) is 0 Å². The van der Waals surface area contributed by atoms with Crippen molar-refractivity contribution in [1.82, 2.24) is 9.55 Å². The number of para-hydroxylation sites is 1. The molecule has 0 spiro atoms. The normalized spacial score (nSPS) is 10.8. The van der Waals surface area contributed by atoms with Crippen LogP contribution in [-0.2, 0) is 0 Å². The molecule has 0 saturated heterocycles. The molecule has 3 rings (SSSR count). The molecule has 0 unspecified atom stereocenters. The highest BCUT2D eigenvalue weighted by Gasteiger charge is 2.09. The number of hydrogen-bond acceptors (Lipinski definition) is 2. The predicted octanol–water partition coefficient (Wildman–Crippen LogP) is 3.35. The minimum absolute atomic E-state index is 0.0784. The second-order valence-corrected chi connectivity index (χ2v) is 4.73. The van der Waals surface area contributed by atoms with Crippen molar-refractivity contribution in [3.05, 3.63) is 69.7 Å². The Labute approximate surface area is 115 Å². The van der Waals surface area contributed by atoms with Crippen LogP contribution in [0.5, 0.6) is 0 Å². The van der Waals surface area contributed by atoms with Gasteiger partial charge in [-0.25, -0.2) is 4.98 Å². The van der Waals surface area contributed by atoms with Crippen LogP contribution in [0.2, 0.25) is 5.02 Å². The van der Waals surface area contributed by atoms with E-state index >= 15 is 0 Å². The zero-order valence-corrected chi connectivity index (χ0v) is 11.1. The van der Waals surface area contributed by atoms with Gasteiger partial charge in [0, 0.05) is 5.02 Å². The molecule has 94 valence electrons. The number of benzene rings is 2. The Morgan fingerprint density at radius 2 is 1.89 bits per heavy atom. The summed E-state index contributed by atoms with van der Waals surface area (Å²) in [6.45, 7) is 1.81. The van der Waals surface area contributed by atoms with E-state index in [-0.39, 0.29) is 5.56 Å². The Balaban J connectivity index is 2.39. The van der Waals surface area contributed by atoms with Crippen molar-refractivity contribution < 1.29 is 0 Å². The predicted molar refractivity (Wildman–Crippen MR) is 77.1 cm³/mol. The molecule has 3 nitrogen and oxygen atoms in total. The fourth-order valence-corrected chi connectivity index (χ4v) is 2.35. The molecule has 1 heterocycles. The minimum Gasteiger partial charge on any atom is -0.268 e. The van der Waals surface area contributed by atoms with E-state index in [2.05, 4.69) is 4.98 Å². The first-order valence-corrected chi connectivity index (χ1v) is 6.29. The van der Waals surface area contributed by atoms with Gasteiger partial charge >= 0.3 is 0 Å². The second-order valence-electron chi connectivity index (χ2n) is 4.30. The van der Waals surface area contributed by atoms with Crippen LogP contribution >= 0.6 is 11.6 Å². The maximum Gasteiger partial charge on any atom is 0.265 e. The first-order chi connectivity index (χ1) is 9.16. The number of halogens is 1. The van der Waals surface area contributed by atoms with E-state index < -0.39 is 0 Å².